The molecule has 0 amide bonds. The smallest absolute Gasteiger partial charge is 0.358 e. The van der Waals surface area contributed by atoms with E-state index in [2.05, 4.69) is 4.98 Å². The van der Waals surface area contributed by atoms with Gasteiger partial charge in [0.25, 0.3) is 0 Å². The topological polar surface area (TPSA) is 72.9 Å². The molecular weight excluding hydrogens is 244 g/mol. The van der Waals surface area contributed by atoms with Gasteiger partial charge in [-0.1, -0.05) is 0 Å². The van der Waals surface area contributed by atoms with Crippen LogP contribution in [0.4, 0.5) is 5.69 Å². The number of rotatable bonds is 4. The van der Waals surface area contributed by atoms with E-state index in [1.165, 1.54) is 0 Å². The molecule has 0 bridgehead atoms. The van der Waals surface area contributed by atoms with Gasteiger partial charge in [0.2, 0.25) is 0 Å². The van der Waals surface area contributed by atoms with Crippen molar-refractivity contribution in [3.8, 4) is 0 Å². The minimum atomic E-state index is -0.401. The lowest BCUT2D eigenvalue weighted by Crippen LogP contribution is -2.16. The molecule has 0 unspecified atom stereocenters. The van der Waals surface area contributed by atoms with Crippen LogP contribution in [-0.4, -0.2) is 41.0 Å². The number of hydrogen-bond donors (Lipinski definition) is 1. The largest absolute Gasteiger partial charge is 0.461 e. The van der Waals surface area contributed by atoms with Gasteiger partial charge in [0.1, 0.15) is 5.65 Å². The number of anilines is 1. The fraction of sp³-hybridized carbons (Fsp3) is 0.385. The van der Waals surface area contributed by atoms with Crippen molar-refractivity contribution < 1.29 is 9.53 Å². The number of carbonyl (C=O) groups excluding carboxylic acids is 1. The first-order valence-electron chi connectivity index (χ1n) is 6.11. The molecule has 2 heterocycles. The lowest BCUT2D eigenvalue weighted by Gasteiger charge is -2.11. The van der Waals surface area contributed by atoms with E-state index < -0.39 is 5.97 Å². The maximum atomic E-state index is 12.0. The number of nitrogens with two attached hydrogens (primary N) is 1. The first-order valence-corrected chi connectivity index (χ1v) is 6.11. The van der Waals surface area contributed by atoms with Crippen molar-refractivity contribution in [2.24, 2.45) is 0 Å². The van der Waals surface area contributed by atoms with Crippen LogP contribution < -0.4 is 5.73 Å². The number of carbonyl (C=O) groups is 1. The molecule has 0 saturated carbocycles. The number of nitrogens with zero attached hydrogens (tertiary/aromatic N) is 3. The summed E-state index contributed by atoms with van der Waals surface area (Å²) in [6.45, 7) is 2.69. The standard InChI is InChI=1S/C13H18N4O2/c1-4-19-13(18)12-10(8-16(2)3)17-7-9(14)5-6-11(17)15-12/h5-7H,4,8,14H2,1-3H3. The maximum absolute atomic E-state index is 12.0. The highest BCUT2D eigenvalue weighted by atomic mass is 16.5. The molecule has 0 saturated heterocycles. The molecule has 0 aliphatic heterocycles. The number of esters is 1. The molecule has 2 aromatic rings. The molecule has 102 valence electrons. The quantitative estimate of drug-likeness (QED) is 0.837. The first kappa shape index (κ1) is 13.4. The van der Waals surface area contributed by atoms with Gasteiger partial charge < -0.3 is 15.4 Å². The van der Waals surface area contributed by atoms with Crippen LogP contribution >= 0.6 is 0 Å². The highest BCUT2D eigenvalue weighted by Gasteiger charge is 2.20. The third-order valence-electron chi connectivity index (χ3n) is 2.68. The molecular formula is C13H18N4O2. The summed E-state index contributed by atoms with van der Waals surface area (Å²) in [7, 11) is 3.86. The van der Waals surface area contributed by atoms with Crippen molar-refractivity contribution in [3.05, 3.63) is 29.7 Å². The zero-order valence-electron chi connectivity index (χ0n) is 11.4. The van der Waals surface area contributed by atoms with Gasteiger partial charge in [-0.25, -0.2) is 9.78 Å². The van der Waals surface area contributed by atoms with Crippen molar-refractivity contribution in [2.75, 3.05) is 26.4 Å². The second kappa shape index (κ2) is 5.27. The van der Waals surface area contributed by atoms with E-state index in [1.807, 2.05) is 23.4 Å². The number of ether oxygens (including phenoxy) is 1. The Hall–Kier alpha value is -2.08. The molecule has 2 N–H and O–H groups in total. The van der Waals surface area contributed by atoms with Gasteiger partial charge in [0.05, 0.1) is 12.3 Å². The minimum absolute atomic E-state index is 0.330. The number of hydrogen-bond acceptors (Lipinski definition) is 5. The zero-order chi connectivity index (χ0) is 14.0. The maximum Gasteiger partial charge on any atom is 0.358 e. The van der Waals surface area contributed by atoms with Crippen LogP contribution in [0.5, 0.6) is 0 Å². The third-order valence-corrected chi connectivity index (χ3v) is 2.68. The van der Waals surface area contributed by atoms with Crippen LogP contribution in [0.2, 0.25) is 0 Å². The molecule has 0 aromatic carbocycles. The third kappa shape index (κ3) is 2.68. The normalized spacial score (nSPS) is 11.2. The Balaban J connectivity index is 2.58. The SMILES string of the molecule is CCOC(=O)c1nc2ccc(N)cn2c1CN(C)C. The summed E-state index contributed by atoms with van der Waals surface area (Å²) in [6.07, 6.45) is 1.77. The van der Waals surface area contributed by atoms with Crippen LogP contribution in [0.25, 0.3) is 5.65 Å². The van der Waals surface area contributed by atoms with Gasteiger partial charge in [-0.3, -0.25) is 4.40 Å². The highest BCUT2D eigenvalue weighted by Crippen LogP contribution is 2.17. The summed E-state index contributed by atoms with van der Waals surface area (Å²) in [4.78, 5) is 18.3. The van der Waals surface area contributed by atoms with E-state index in [0.29, 0.717) is 30.2 Å². The van der Waals surface area contributed by atoms with Crippen molar-refractivity contribution in [3.63, 3.8) is 0 Å². The van der Waals surface area contributed by atoms with E-state index in [9.17, 15) is 4.79 Å². The van der Waals surface area contributed by atoms with E-state index in [-0.39, 0.29) is 0 Å². The molecule has 0 aliphatic carbocycles. The summed E-state index contributed by atoms with van der Waals surface area (Å²) in [5, 5.41) is 0. The van der Waals surface area contributed by atoms with Gasteiger partial charge in [-0.05, 0) is 33.2 Å². The highest BCUT2D eigenvalue weighted by molar-refractivity contribution is 5.89. The molecule has 0 spiro atoms. The molecule has 2 rings (SSSR count). The first-order chi connectivity index (χ1) is 9.02. The molecule has 0 atom stereocenters. The molecule has 0 aliphatic rings. The van der Waals surface area contributed by atoms with E-state index >= 15 is 0 Å². The van der Waals surface area contributed by atoms with E-state index in [0.717, 1.165) is 5.69 Å². The number of aromatic nitrogens is 2. The Bertz CT molecular complexity index is 604. The van der Waals surface area contributed by atoms with Gasteiger partial charge in [0.15, 0.2) is 5.69 Å². The Morgan fingerprint density at radius 1 is 1.47 bits per heavy atom. The Morgan fingerprint density at radius 3 is 2.84 bits per heavy atom. The minimum Gasteiger partial charge on any atom is -0.461 e. The molecule has 6 heteroatoms. The van der Waals surface area contributed by atoms with Crippen molar-refractivity contribution in [2.45, 2.75) is 13.5 Å². The molecule has 0 radical (unpaired) electrons. The van der Waals surface area contributed by atoms with Crippen LogP contribution in [0, 0.1) is 0 Å². The summed E-state index contributed by atoms with van der Waals surface area (Å²) in [5.74, 6) is -0.401. The van der Waals surface area contributed by atoms with Gasteiger partial charge in [-0.15, -0.1) is 0 Å². The summed E-state index contributed by atoms with van der Waals surface area (Å²) >= 11 is 0. The van der Waals surface area contributed by atoms with Gasteiger partial charge in [-0.2, -0.15) is 0 Å². The summed E-state index contributed by atoms with van der Waals surface area (Å²) in [5.41, 5.74) is 8.23. The van der Waals surface area contributed by atoms with Crippen LogP contribution in [-0.2, 0) is 11.3 Å². The van der Waals surface area contributed by atoms with Crippen molar-refractivity contribution >= 4 is 17.3 Å². The molecule has 0 fully saturated rings. The summed E-state index contributed by atoms with van der Waals surface area (Å²) < 4.78 is 6.88. The van der Waals surface area contributed by atoms with E-state index in [1.54, 1.807) is 25.3 Å². The van der Waals surface area contributed by atoms with Crippen molar-refractivity contribution in [1.29, 1.82) is 0 Å². The Labute approximate surface area is 111 Å². The number of fused-ring (bicyclic) bond motifs is 1. The van der Waals surface area contributed by atoms with Crippen LogP contribution in [0.15, 0.2) is 18.3 Å². The van der Waals surface area contributed by atoms with Crippen LogP contribution in [0.3, 0.4) is 0 Å². The average Bonchev–Trinajstić information content (AvgIpc) is 2.67. The van der Waals surface area contributed by atoms with Crippen molar-refractivity contribution in [1.82, 2.24) is 14.3 Å². The number of pyridine rings is 1. The monoisotopic (exact) mass is 262 g/mol. The lowest BCUT2D eigenvalue weighted by molar-refractivity contribution is 0.0518. The van der Waals surface area contributed by atoms with Gasteiger partial charge >= 0.3 is 5.97 Å². The average molecular weight is 262 g/mol. The number of nitrogen functional groups attached to an aromatic ring is 1. The van der Waals surface area contributed by atoms with Gasteiger partial charge in [0, 0.05) is 18.4 Å². The van der Waals surface area contributed by atoms with E-state index in [4.69, 9.17) is 10.5 Å². The summed E-state index contributed by atoms with van der Waals surface area (Å²) in [6, 6.07) is 3.55. The second-order valence-corrected chi connectivity index (χ2v) is 4.56. The predicted molar refractivity (Wildman–Crippen MR) is 73.0 cm³/mol. The number of imidazole rings is 1. The fourth-order valence-electron chi connectivity index (χ4n) is 1.92. The zero-order valence-corrected chi connectivity index (χ0v) is 11.4. The lowest BCUT2D eigenvalue weighted by atomic mass is 10.3. The Kier molecular flexibility index (Phi) is 3.71. The Morgan fingerprint density at radius 2 is 2.21 bits per heavy atom. The van der Waals surface area contributed by atoms with Crippen LogP contribution in [0.1, 0.15) is 23.1 Å². The molecule has 2 aromatic heterocycles. The second-order valence-electron chi connectivity index (χ2n) is 4.56. The molecule has 19 heavy (non-hydrogen) atoms. The molecule has 6 nitrogen and oxygen atoms in total. The fourth-order valence-corrected chi connectivity index (χ4v) is 1.92. The predicted octanol–water partition coefficient (Wildman–Crippen LogP) is 1.15.